The van der Waals surface area contributed by atoms with Crippen LogP contribution in [-0.2, 0) is 16.8 Å². The monoisotopic (exact) mass is 349 g/mol. The van der Waals surface area contributed by atoms with Gasteiger partial charge < -0.3 is 11.1 Å². The summed E-state index contributed by atoms with van der Waals surface area (Å²) in [4.78, 5) is 16.8. The molecule has 130 valence electrons. The molecule has 1 amide bonds. The largest absolute Gasteiger partial charge is 0.347 e. The summed E-state index contributed by atoms with van der Waals surface area (Å²) >= 11 is 1.47. The van der Waals surface area contributed by atoms with E-state index in [0.717, 1.165) is 5.01 Å². The molecule has 3 N–H and O–H groups in total. The first-order valence-electron chi connectivity index (χ1n) is 7.96. The van der Waals surface area contributed by atoms with Gasteiger partial charge >= 0.3 is 0 Å². The fourth-order valence-corrected chi connectivity index (χ4v) is 3.43. The van der Waals surface area contributed by atoms with Gasteiger partial charge in [0.25, 0.3) is 0 Å². The quantitative estimate of drug-likeness (QED) is 0.838. The molecule has 0 spiro atoms. The fourth-order valence-electron chi connectivity index (χ4n) is 2.43. The Hall–Kier alpha value is -1.79. The first kappa shape index (κ1) is 18.5. The van der Waals surface area contributed by atoms with Crippen LogP contribution in [0.5, 0.6) is 0 Å². The molecule has 0 aliphatic heterocycles. The first-order valence-corrected chi connectivity index (χ1v) is 8.84. The fraction of sp³-hybridized carbons (Fsp3) is 0.444. The Bertz CT molecular complexity index is 712. The molecule has 24 heavy (non-hydrogen) atoms. The van der Waals surface area contributed by atoms with Crippen LogP contribution < -0.4 is 11.1 Å². The van der Waals surface area contributed by atoms with Crippen LogP contribution in [-0.4, -0.2) is 10.9 Å². The third-order valence-electron chi connectivity index (χ3n) is 3.91. The van der Waals surface area contributed by atoms with E-state index in [4.69, 9.17) is 5.73 Å². The lowest BCUT2D eigenvalue weighted by molar-refractivity contribution is -0.122. The van der Waals surface area contributed by atoms with Crippen molar-refractivity contribution >= 4 is 17.2 Å². The van der Waals surface area contributed by atoms with Crippen LogP contribution in [0.15, 0.2) is 29.6 Å². The van der Waals surface area contributed by atoms with Gasteiger partial charge in [0.1, 0.15) is 10.8 Å². The number of nitrogens with one attached hydrogen (secondary N) is 1. The van der Waals surface area contributed by atoms with Gasteiger partial charge in [0, 0.05) is 10.9 Å². The highest BCUT2D eigenvalue weighted by atomic mass is 32.1. The zero-order chi connectivity index (χ0) is 17.9. The van der Waals surface area contributed by atoms with E-state index < -0.39 is 5.54 Å². The highest BCUT2D eigenvalue weighted by Gasteiger charge is 2.26. The molecule has 0 saturated carbocycles. The third kappa shape index (κ3) is 4.39. The van der Waals surface area contributed by atoms with Crippen molar-refractivity contribution < 1.29 is 9.18 Å². The first-order chi connectivity index (χ1) is 11.2. The average Bonchev–Trinajstić information content (AvgIpc) is 2.94. The Morgan fingerprint density at radius 2 is 2.04 bits per heavy atom. The summed E-state index contributed by atoms with van der Waals surface area (Å²) in [7, 11) is 0. The second kappa shape index (κ2) is 7.40. The van der Waals surface area contributed by atoms with E-state index in [9.17, 15) is 9.18 Å². The Morgan fingerprint density at radius 3 is 2.67 bits per heavy atom. The minimum absolute atomic E-state index is 0.123. The van der Waals surface area contributed by atoms with Gasteiger partial charge in [-0.25, -0.2) is 9.37 Å². The maximum absolute atomic E-state index is 14.0. The molecule has 0 bridgehead atoms. The minimum Gasteiger partial charge on any atom is -0.347 e. The van der Waals surface area contributed by atoms with Gasteiger partial charge in [0.15, 0.2) is 0 Å². The second-order valence-corrected chi connectivity index (χ2v) is 7.67. The molecule has 1 atom stereocenters. The van der Waals surface area contributed by atoms with Gasteiger partial charge in [-0.1, -0.05) is 32.0 Å². The zero-order valence-electron chi connectivity index (χ0n) is 14.5. The molecule has 6 heteroatoms. The van der Waals surface area contributed by atoms with E-state index in [2.05, 4.69) is 10.3 Å². The van der Waals surface area contributed by atoms with Crippen molar-refractivity contribution in [3.05, 3.63) is 51.7 Å². The summed E-state index contributed by atoms with van der Waals surface area (Å²) in [5.74, 6) is -0.238. The number of thiazole rings is 1. The number of nitrogens with zero attached hydrogens (tertiary/aromatic N) is 1. The van der Waals surface area contributed by atoms with Crippen LogP contribution >= 0.6 is 11.3 Å². The lowest BCUT2D eigenvalue weighted by atomic mass is 9.93. The minimum atomic E-state index is -0.796. The Morgan fingerprint density at radius 1 is 1.38 bits per heavy atom. The van der Waals surface area contributed by atoms with Crippen LogP contribution in [0.1, 0.15) is 50.0 Å². The zero-order valence-corrected chi connectivity index (χ0v) is 15.3. The van der Waals surface area contributed by atoms with E-state index in [1.165, 1.54) is 17.4 Å². The van der Waals surface area contributed by atoms with Crippen LogP contribution in [0.3, 0.4) is 0 Å². The Kier molecular flexibility index (Phi) is 5.72. The molecule has 1 heterocycles. The van der Waals surface area contributed by atoms with Crippen LogP contribution in [0.2, 0.25) is 0 Å². The van der Waals surface area contributed by atoms with E-state index in [1.807, 2.05) is 19.2 Å². The Balaban J connectivity index is 2.04. The van der Waals surface area contributed by atoms with Crippen LogP contribution in [0, 0.1) is 11.7 Å². The normalized spacial score (nSPS) is 13.1. The van der Waals surface area contributed by atoms with Gasteiger partial charge in [0.05, 0.1) is 23.7 Å². The summed E-state index contributed by atoms with van der Waals surface area (Å²) in [5.41, 5.74) is 6.43. The number of benzene rings is 1. The van der Waals surface area contributed by atoms with Crippen molar-refractivity contribution in [3.63, 3.8) is 0 Å². The number of hydrogen-bond acceptors (Lipinski definition) is 4. The Labute approximate surface area is 146 Å². The molecule has 0 radical (unpaired) electrons. The summed E-state index contributed by atoms with van der Waals surface area (Å²) in [6.07, 6.45) is 0.152. The third-order valence-corrected chi connectivity index (χ3v) is 4.91. The molecule has 2 aromatic rings. The topological polar surface area (TPSA) is 68.0 Å². The lowest BCUT2D eigenvalue weighted by Gasteiger charge is -2.27. The summed E-state index contributed by atoms with van der Waals surface area (Å²) in [5, 5.41) is 5.57. The average molecular weight is 349 g/mol. The van der Waals surface area contributed by atoms with E-state index in [1.54, 1.807) is 32.0 Å². The predicted octanol–water partition coefficient (Wildman–Crippen LogP) is 3.53. The smallest absolute Gasteiger partial charge is 0.226 e. The second-order valence-electron chi connectivity index (χ2n) is 6.78. The van der Waals surface area contributed by atoms with Crippen LogP contribution in [0.25, 0.3) is 0 Å². The molecule has 0 aliphatic rings. The number of carbonyl (C=O) groups is 1. The highest BCUT2D eigenvalue weighted by molar-refractivity contribution is 7.09. The number of nitrogens with two attached hydrogens (primary N) is 1. The van der Waals surface area contributed by atoms with Gasteiger partial charge in [-0.2, -0.15) is 0 Å². The highest BCUT2D eigenvalue weighted by Crippen LogP contribution is 2.24. The molecule has 1 unspecified atom stereocenters. The van der Waals surface area contributed by atoms with Crippen molar-refractivity contribution in [2.24, 2.45) is 11.7 Å². The van der Waals surface area contributed by atoms with Gasteiger partial charge in [-0.05, 0) is 25.8 Å². The molecule has 1 aromatic heterocycles. The van der Waals surface area contributed by atoms with Crippen molar-refractivity contribution in [1.82, 2.24) is 10.3 Å². The molecule has 2 rings (SSSR count). The van der Waals surface area contributed by atoms with Gasteiger partial charge in [-0.15, -0.1) is 11.3 Å². The number of amides is 1. The molecular weight excluding hydrogens is 325 g/mol. The van der Waals surface area contributed by atoms with Gasteiger partial charge in [0.2, 0.25) is 5.91 Å². The lowest BCUT2D eigenvalue weighted by Crippen LogP contribution is -2.42. The van der Waals surface area contributed by atoms with Crippen molar-refractivity contribution in [2.75, 3.05) is 0 Å². The van der Waals surface area contributed by atoms with Gasteiger partial charge in [-0.3, -0.25) is 4.79 Å². The van der Waals surface area contributed by atoms with E-state index >= 15 is 0 Å². The SMILES string of the molecule is CC(C)C(N)c1nc(CC(=O)NC(C)(C)c2ccccc2F)cs1. The summed E-state index contributed by atoms with van der Waals surface area (Å²) < 4.78 is 14.0. The molecule has 0 aliphatic carbocycles. The molecule has 1 aromatic carbocycles. The van der Waals surface area contributed by atoms with E-state index in [0.29, 0.717) is 11.3 Å². The number of rotatable bonds is 6. The maximum Gasteiger partial charge on any atom is 0.226 e. The molecule has 0 saturated heterocycles. The van der Waals surface area contributed by atoms with Crippen molar-refractivity contribution in [3.8, 4) is 0 Å². The molecule has 0 fully saturated rings. The number of aromatic nitrogens is 1. The predicted molar refractivity (Wildman–Crippen MR) is 95.2 cm³/mol. The molecule has 4 nitrogen and oxygen atoms in total. The van der Waals surface area contributed by atoms with Crippen molar-refractivity contribution in [2.45, 2.75) is 45.7 Å². The summed E-state index contributed by atoms with van der Waals surface area (Å²) in [6.45, 7) is 7.64. The number of carbonyl (C=O) groups excluding carboxylic acids is 1. The van der Waals surface area contributed by atoms with Crippen LogP contribution in [0.4, 0.5) is 4.39 Å². The van der Waals surface area contributed by atoms with E-state index in [-0.39, 0.29) is 30.1 Å². The molecular formula is C18H24FN3OS. The summed E-state index contributed by atoms with van der Waals surface area (Å²) in [6, 6.07) is 6.33. The van der Waals surface area contributed by atoms with Crippen molar-refractivity contribution in [1.29, 1.82) is 0 Å². The maximum atomic E-state index is 14.0. The standard InChI is InChI=1S/C18H24FN3OS/c1-11(2)16(20)17-21-12(10-24-17)9-15(23)22-18(3,4)13-7-5-6-8-14(13)19/h5-8,10-11,16H,9,20H2,1-4H3,(H,22,23). The number of hydrogen-bond donors (Lipinski definition) is 2. The number of halogens is 1.